The largest absolute Gasteiger partial charge is 0.481 e. The third kappa shape index (κ3) is 4.21. The third-order valence-electron chi connectivity index (χ3n) is 4.41. The summed E-state index contributed by atoms with van der Waals surface area (Å²) in [5.41, 5.74) is -0.776. The Morgan fingerprint density at radius 2 is 2.00 bits per heavy atom. The average molecular weight is 323 g/mol. The Morgan fingerprint density at radius 3 is 2.61 bits per heavy atom. The molecular weight excluding hydrogens is 301 g/mol. The van der Waals surface area contributed by atoms with Gasteiger partial charge < -0.3 is 15.2 Å². The molecule has 3 atom stereocenters. The van der Waals surface area contributed by atoms with Crippen LogP contribution in [-0.4, -0.2) is 28.6 Å². The monoisotopic (exact) mass is 323 g/mol. The summed E-state index contributed by atoms with van der Waals surface area (Å²) in [6, 6.07) is 5.40. The van der Waals surface area contributed by atoms with Crippen LogP contribution in [0, 0.1) is 11.7 Å². The molecular formula is C17H22FNO4. The van der Waals surface area contributed by atoms with Crippen molar-refractivity contribution in [3.05, 3.63) is 30.1 Å². The van der Waals surface area contributed by atoms with Gasteiger partial charge in [-0.1, -0.05) is 12.8 Å². The molecule has 1 fully saturated rings. The minimum Gasteiger partial charge on any atom is -0.481 e. The average Bonchev–Trinajstić information content (AvgIpc) is 2.49. The number of ether oxygens (including phenoxy) is 1. The van der Waals surface area contributed by atoms with Crippen molar-refractivity contribution in [2.24, 2.45) is 5.92 Å². The van der Waals surface area contributed by atoms with E-state index in [2.05, 4.69) is 5.32 Å². The number of carboxylic acids is 1. The van der Waals surface area contributed by atoms with E-state index in [1.54, 1.807) is 13.8 Å². The summed E-state index contributed by atoms with van der Waals surface area (Å²) in [4.78, 5) is 23.8. The summed E-state index contributed by atoms with van der Waals surface area (Å²) < 4.78 is 18.4. The molecule has 126 valence electrons. The second kappa shape index (κ2) is 6.98. The fraction of sp³-hybridized carbons (Fsp3) is 0.529. The Bertz CT molecular complexity index is 574. The van der Waals surface area contributed by atoms with Crippen molar-refractivity contribution in [3.63, 3.8) is 0 Å². The summed E-state index contributed by atoms with van der Waals surface area (Å²) in [6.07, 6.45) is 2.12. The van der Waals surface area contributed by atoms with Crippen LogP contribution >= 0.6 is 0 Å². The Morgan fingerprint density at radius 1 is 1.35 bits per heavy atom. The SMILES string of the molecule is CC(Oc1ccc(F)cc1)C(=O)NC1(C)CCCCC1C(=O)O. The van der Waals surface area contributed by atoms with E-state index < -0.39 is 23.5 Å². The van der Waals surface area contributed by atoms with Gasteiger partial charge in [-0.05, 0) is 51.0 Å². The van der Waals surface area contributed by atoms with Gasteiger partial charge >= 0.3 is 5.97 Å². The van der Waals surface area contributed by atoms with Crippen LogP contribution in [-0.2, 0) is 9.59 Å². The number of carbonyl (C=O) groups excluding carboxylic acids is 1. The quantitative estimate of drug-likeness (QED) is 0.873. The topological polar surface area (TPSA) is 75.6 Å². The highest BCUT2D eigenvalue weighted by atomic mass is 19.1. The number of aliphatic carboxylic acids is 1. The summed E-state index contributed by atoms with van der Waals surface area (Å²) in [5, 5.41) is 12.2. The predicted molar refractivity (Wildman–Crippen MR) is 82.6 cm³/mol. The number of amides is 1. The van der Waals surface area contributed by atoms with Crippen LogP contribution in [0.5, 0.6) is 5.75 Å². The molecule has 0 spiro atoms. The molecule has 1 aliphatic rings. The number of hydrogen-bond acceptors (Lipinski definition) is 3. The van der Waals surface area contributed by atoms with E-state index in [1.165, 1.54) is 24.3 Å². The van der Waals surface area contributed by atoms with Crippen LogP contribution in [0.3, 0.4) is 0 Å². The maximum Gasteiger partial charge on any atom is 0.308 e. The van der Waals surface area contributed by atoms with Crippen LogP contribution < -0.4 is 10.1 Å². The summed E-state index contributed by atoms with van der Waals surface area (Å²) in [6.45, 7) is 3.36. The maximum atomic E-state index is 12.9. The van der Waals surface area contributed by atoms with E-state index in [0.717, 1.165) is 12.8 Å². The van der Waals surface area contributed by atoms with Gasteiger partial charge in [-0.25, -0.2) is 4.39 Å². The predicted octanol–water partition coefficient (Wildman–Crippen LogP) is 2.74. The Labute approximate surface area is 134 Å². The third-order valence-corrected chi connectivity index (χ3v) is 4.41. The van der Waals surface area contributed by atoms with Crippen molar-refractivity contribution in [1.29, 1.82) is 0 Å². The molecule has 0 aromatic heterocycles. The maximum absolute atomic E-state index is 12.9. The van der Waals surface area contributed by atoms with Crippen LogP contribution in [0.25, 0.3) is 0 Å². The van der Waals surface area contributed by atoms with Gasteiger partial charge in [-0.2, -0.15) is 0 Å². The molecule has 0 aliphatic heterocycles. The Kier molecular flexibility index (Phi) is 5.23. The van der Waals surface area contributed by atoms with Crippen LogP contribution in [0.2, 0.25) is 0 Å². The van der Waals surface area contributed by atoms with Gasteiger partial charge in [0.25, 0.3) is 5.91 Å². The molecule has 0 bridgehead atoms. The van der Waals surface area contributed by atoms with Crippen molar-refractivity contribution in [1.82, 2.24) is 5.32 Å². The fourth-order valence-electron chi connectivity index (χ4n) is 3.03. The first-order chi connectivity index (χ1) is 10.8. The molecule has 1 aromatic carbocycles. The van der Waals surface area contributed by atoms with Gasteiger partial charge in [0.15, 0.2) is 6.10 Å². The van der Waals surface area contributed by atoms with E-state index in [-0.39, 0.29) is 11.7 Å². The lowest BCUT2D eigenvalue weighted by molar-refractivity contribution is -0.147. The Balaban J connectivity index is 2.01. The van der Waals surface area contributed by atoms with E-state index in [9.17, 15) is 19.1 Å². The highest BCUT2D eigenvalue weighted by molar-refractivity contribution is 5.83. The molecule has 0 saturated heterocycles. The van der Waals surface area contributed by atoms with E-state index >= 15 is 0 Å². The minimum atomic E-state index is -0.889. The first-order valence-corrected chi connectivity index (χ1v) is 7.79. The fourth-order valence-corrected chi connectivity index (χ4v) is 3.03. The molecule has 1 aromatic rings. The number of hydrogen-bond donors (Lipinski definition) is 2. The minimum absolute atomic E-state index is 0.370. The zero-order valence-corrected chi connectivity index (χ0v) is 13.3. The smallest absolute Gasteiger partial charge is 0.308 e. The first-order valence-electron chi connectivity index (χ1n) is 7.79. The van der Waals surface area contributed by atoms with Crippen molar-refractivity contribution >= 4 is 11.9 Å². The lowest BCUT2D eigenvalue weighted by Crippen LogP contribution is -2.57. The molecule has 5 nitrogen and oxygen atoms in total. The molecule has 2 rings (SSSR count). The molecule has 0 heterocycles. The van der Waals surface area contributed by atoms with Crippen LogP contribution in [0.1, 0.15) is 39.5 Å². The second-order valence-electron chi connectivity index (χ2n) is 6.26. The molecule has 1 saturated carbocycles. The van der Waals surface area contributed by atoms with Gasteiger partial charge in [0, 0.05) is 0 Å². The lowest BCUT2D eigenvalue weighted by atomic mass is 9.74. The molecule has 0 radical (unpaired) electrons. The standard InChI is InChI=1S/C17H22FNO4/c1-11(23-13-8-6-12(18)7-9-13)15(20)19-17(2)10-4-3-5-14(17)16(21)22/h6-9,11,14H,3-5,10H2,1-2H3,(H,19,20)(H,21,22). The normalized spacial score (nSPS) is 25.4. The number of rotatable bonds is 5. The van der Waals surface area contributed by atoms with Crippen LogP contribution in [0.15, 0.2) is 24.3 Å². The summed E-state index contributed by atoms with van der Waals surface area (Å²) in [5.74, 6) is -1.85. The summed E-state index contributed by atoms with van der Waals surface area (Å²) >= 11 is 0. The van der Waals surface area contributed by atoms with E-state index in [4.69, 9.17) is 4.74 Å². The zero-order valence-electron chi connectivity index (χ0n) is 13.3. The molecule has 1 amide bonds. The number of nitrogens with one attached hydrogen (secondary N) is 1. The van der Waals surface area contributed by atoms with Crippen LogP contribution in [0.4, 0.5) is 4.39 Å². The van der Waals surface area contributed by atoms with Gasteiger partial charge in [0.1, 0.15) is 11.6 Å². The van der Waals surface area contributed by atoms with E-state index in [1.807, 2.05) is 0 Å². The number of carbonyl (C=O) groups is 2. The highest BCUT2D eigenvalue weighted by Gasteiger charge is 2.42. The van der Waals surface area contributed by atoms with Gasteiger partial charge in [0.2, 0.25) is 0 Å². The molecule has 2 N–H and O–H groups in total. The second-order valence-corrected chi connectivity index (χ2v) is 6.26. The van der Waals surface area contributed by atoms with Crippen molar-refractivity contribution in [2.75, 3.05) is 0 Å². The van der Waals surface area contributed by atoms with Crippen molar-refractivity contribution < 1.29 is 23.8 Å². The first kappa shape index (κ1) is 17.2. The van der Waals surface area contributed by atoms with E-state index in [0.29, 0.717) is 18.6 Å². The van der Waals surface area contributed by atoms with Gasteiger partial charge in [-0.3, -0.25) is 9.59 Å². The van der Waals surface area contributed by atoms with Crippen molar-refractivity contribution in [2.45, 2.75) is 51.2 Å². The zero-order chi connectivity index (χ0) is 17.0. The number of benzene rings is 1. The van der Waals surface area contributed by atoms with Gasteiger partial charge in [0.05, 0.1) is 11.5 Å². The Hall–Kier alpha value is -2.11. The molecule has 6 heteroatoms. The molecule has 3 unspecified atom stereocenters. The molecule has 23 heavy (non-hydrogen) atoms. The highest BCUT2D eigenvalue weighted by Crippen LogP contribution is 2.34. The number of halogens is 1. The molecule has 1 aliphatic carbocycles. The number of carboxylic acid groups (broad SMARTS) is 1. The van der Waals surface area contributed by atoms with Crippen molar-refractivity contribution in [3.8, 4) is 5.75 Å². The van der Waals surface area contributed by atoms with Gasteiger partial charge in [-0.15, -0.1) is 0 Å². The summed E-state index contributed by atoms with van der Waals surface area (Å²) in [7, 11) is 0. The lowest BCUT2D eigenvalue weighted by Gasteiger charge is -2.40.